The van der Waals surface area contributed by atoms with E-state index >= 15 is 0 Å². The quantitative estimate of drug-likeness (QED) is 0.280. The topological polar surface area (TPSA) is 105 Å². The highest BCUT2D eigenvalue weighted by Crippen LogP contribution is 2.32. The largest absolute Gasteiger partial charge is 0.493 e. The van der Waals surface area contributed by atoms with E-state index in [4.69, 9.17) is 9.47 Å². The first-order valence-electron chi connectivity index (χ1n) is 13.5. The van der Waals surface area contributed by atoms with E-state index in [9.17, 15) is 18.0 Å². The van der Waals surface area contributed by atoms with Gasteiger partial charge in [0.25, 0.3) is 10.0 Å². The molecule has 41 heavy (non-hydrogen) atoms. The standard InChI is InChI=1S/C31H39N3O6S/c1-6-7-19-32-31(36)24(3)33(21-25-11-9-8-10-12-25)30(35)22-34(26-15-13-23(2)14-16-26)41(37,38)27-17-18-28(39-4)29(20-27)40-5/h8-18,20,24H,6-7,19,21-22H2,1-5H3,(H,32,36)/t24-/m1/s1. The molecule has 0 radical (unpaired) electrons. The molecule has 1 N–H and O–H groups in total. The zero-order valence-electron chi connectivity index (χ0n) is 24.3. The minimum Gasteiger partial charge on any atom is -0.493 e. The van der Waals surface area contributed by atoms with Crippen LogP contribution >= 0.6 is 0 Å². The van der Waals surface area contributed by atoms with Crippen molar-refractivity contribution in [1.29, 1.82) is 0 Å². The Kier molecular flexibility index (Phi) is 11.2. The van der Waals surface area contributed by atoms with Crippen molar-refractivity contribution in [2.75, 3.05) is 31.6 Å². The van der Waals surface area contributed by atoms with Crippen LogP contribution < -0.4 is 19.1 Å². The number of methoxy groups -OCH3 is 2. The fraction of sp³-hybridized carbons (Fsp3) is 0.355. The number of ether oxygens (including phenoxy) is 2. The summed E-state index contributed by atoms with van der Waals surface area (Å²) in [6.07, 6.45) is 1.73. The van der Waals surface area contributed by atoms with E-state index in [2.05, 4.69) is 5.32 Å². The van der Waals surface area contributed by atoms with Crippen LogP contribution in [0.25, 0.3) is 0 Å². The summed E-state index contributed by atoms with van der Waals surface area (Å²) in [5, 5.41) is 2.88. The van der Waals surface area contributed by atoms with Crippen LogP contribution in [-0.2, 0) is 26.2 Å². The van der Waals surface area contributed by atoms with Gasteiger partial charge in [-0.25, -0.2) is 8.42 Å². The van der Waals surface area contributed by atoms with Crippen LogP contribution in [0.15, 0.2) is 77.7 Å². The normalized spacial score (nSPS) is 11.8. The molecule has 0 saturated carbocycles. The van der Waals surface area contributed by atoms with Crippen molar-refractivity contribution in [3.05, 3.63) is 83.9 Å². The predicted molar refractivity (Wildman–Crippen MR) is 160 cm³/mol. The Hall–Kier alpha value is -4.05. The molecule has 9 nitrogen and oxygen atoms in total. The Morgan fingerprint density at radius 2 is 1.59 bits per heavy atom. The average molecular weight is 582 g/mol. The highest BCUT2D eigenvalue weighted by atomic mass is 32.2. The number of nitrogens with zero attached hydrogens (tertiary/aromatic N) is 2. The van der Waals surface area contributed by atoms with Gasteiger partial charge in [0.05, 0.1) is 24.8 Å². The Bertz CT molecular complexity index is 1410. The molecule has 0 aromatic heterocycles. The Morgan fingerprint density at radius 1 is 0.927 bits per heavy atom. The van der Waals surface area contributed by atoms with Gasteiger partial charge in [-0.2, -0.15) is 0 Å². The summed E-state index contributed by atoms with van der Waals surface area (Å²) in [6.45, 7) is 5.69. The predicted octanol–water partition coefficient (Wildman–Crippen LogP) is 4.54. The van der Waals surface area contributed by atoms with Crippen molar-refractivity contribution >= 4 is 27.5 Å². The molecule has 0 heterocycles. The molecule has 0 spiro atoms. The van der Waals surface area contributed by atoms with Gasteiger partial charge in [-0.1, -0.05) is 61.4 Å². The number of aryl methyl sites for hydroxylation is 1. The third-order valence-corrected chi connectivity index (χ3v) is 8.51. The highest BCUT2D eigenvalue weighted by molar-refractivity contribution is 7.92. The third-order valence-electron chi connectivity index (χ3n) is 6.74. The first-order chi connectivity index (χ1) is 19.6. The van der Waals surface area contributed by atoms with Crippen LogP contribution in [0.2, 0.25) is 0 Å². The van der Waals surface area contributed by atoms with Crippen molar-refractivity contribution in [2.24, 2.45) is 0 Å². The number of carbonyl (C=O) groups is 2. The van der Waals surface area contributed by atoms with Crippen molar-refractivity contribution in [3.63, 3.8) is 0 Å². The Morgan fingerprint density at radius 3 is 2.20 bits per heavy atom. The molecule has 0 saturated heterocycles. The third kappa shape index (κ3) is 8.00. The number of carbonyl (C=O) groups excluding carboxylic acids is 2. The van der Waals surface area contributed by atoms with Crippen molar-refractivity contribution in [3.8, 4) is 11.5 Å². The molecule has 1 atom stereocenters. The van der Waals surface area contributed by atoms with Crippen LogP contribution in [0.5, 0.6) is 11.5 Å². The molecule has 2 amide bonds. The van der Waals surface area contributed by atoms with Gasteiger partial charge in [0.15, 0.2) is 11.5 Å². The lowest BCUT2D eigenvalue weighted by molar-refractivity contribution is -0.139. The second-order valence-corrected chi connectivity index (χ2v) is 11.6. The van der Waals surface area contributed by atoms with E-state index in [-0.39, 0.29) is 23.1 Å². The molecule has 10 heteroatoms. The van der Waals surface area contributed by atoms with Gasteiger partial charge in [-0.15, -0.1) is 0 Å². The second-order valence-electron chi connectivity index (χ2n) is 9.69. The maximum Gasteiger partial charge on any atom is 0.264 e. The average Bonchev–Trinajstić information content (AvgIpc) is 2.98. The van der Waals surface area contributed by atoms with E-state index in [1.54, 1.807) is 31.2 Å². The molecule has 0 bridgehead atoms. The molecule has 0 aliphatic carbocycles. The first kappa shape index (κ1) is 31.5. The van der Waals surface area contributed by atoms with E-state index in [0.29, 0.717) is 18.0 Å². The zero-order valence-corrected chi connectivity index (χ0v) is 25.1. The van der Waals surface area contributed by atoms with E-state index in [1.165, 1.54) is 37.3 Å². The fourth-order valence-corrected chi connectivity index (χ4v) is 5.67. The minimum absolute atomic E-state index is 0.0662. The van der Waals surface area contributed by atoms with Crippen molar-refractivity contribution < 1.29 is 27.5 Å². The molecular weight excluding hydrogens is 542 g/mol. The lowest BCUT2D eigenvalue weighted by atomic mass is 10.1. The molecular formula is C31H39N3O6S. The van der Waals surface area contributed by atoms with Crippen LogP contribution in [0.1, 0.15) is 37.8 Å². The van der Waals surface area contributed by atoms with Gasteiger partial charge in [0.2, 0.25) is 11.8 Å². The van der Waals surface area contributed by atoms with Gasteiger partial charge >= 0.3 is 0 Å². The summed E-state index contributed by atoms with van der Waals surface area (Å²) in [5.74, 6) is -0.197. The second kappa shape index (κ2) is 14.5. The first-order valence-corrected chi connectivity index (χ1v) is 15.0. The van der Waals surface area contributed by atoms with Crippen molar-refractivity contribution in [2.45, 2.75) is 51.1 Å². The smallest absolute Gasteiger partial charge is 0.264 e. The molecule has 3 aromatic rings. The van der Waals surface area contributed by atoms with Crippen LogP contribution in [0.3, 0.4) is 0 Å². The number of rotatable bonds is 14. The molecule has 0 unspecified atom stereocenters. The van der Waals surface area contributed by atoms with E-state index in [1.807, 2.05) is 44.2 Å². The highest BCUT2D eigenvalue weighted by Gasteiger charge is 2.33. The van der Waals surface area contributed by atoms with Gasteiger partial charge in [0, 0.05) is 19.2 Å². The maximum absolute atomic E-state index is 14.1. The Labute approximate surface area is 243 Å². The lowest BCUT2D eigenvalue weighted by Crippen LogP contribution is -2.51. The van der Waals surface area contributed by atoms with Crippen LogP contribution in [0.4, 0.5) is 5.69 Å². The van der Waals surface area contributed by atoms with Crippen molar-refractivity contribution in [1.82, 2.24) is 10.2 Å². The molecule has 3 aromatic carbocycles. The summed E-state index contributed by atoms with van der Waals surface area (Å²) in [4.78, 5) is 28.4. The van der Waals surface area contributed by atoms with E-state index < -0.39 is 28.5 Å². The van der Waals surface area contributed by atoms with Gasteiger partial charge < -0.3 is 19.7 Å². The van der Waals surface area contributed by atoms with E-state index in [0.717, 1.165) is 28.3 Å². The van der Waals surface area contributed by atoms with Crippen LogP contribution in [0, 0.1) is 6.92 Å². The summed E-state index contributed by atoms with van der Waals surface area (Å²) in [5.41, 5.74) is 2.07. The summed E-state index contributed by atoms with van der Waals surface area (Å²) in [7, 11) is -1.36. The summed E-state index contributed by atoms with van der Waals surface area (Å²) >= 11 is 0. The molecule has 0 fully saturated rings. The van der Waals surface area contributed by atoms with Gasteiger partial charge in [-0.05, 0) is 50.1 Å². The number of hydrogen-bond donors (Lipinski definition) is 1. The SMILES string of the molecule is CCCCNC(=O)[C@@H](C)N(Cc1ccccc1)C(=O)CN(c1ccc(C)cc1)S(=O)(=O)c1ccc(OC)c(OC)c1. The summed E-state index contributed by atoms with van der Waals surface area (Å²) < 4.78 is 39.8. The van der Waals surface area contributed by atoms with Gasteiger partial charge in [-0.3, -0.25) is 13.9 Å². The van der Waals surface area contributed by atoms with Gasteiger partial charge in [0.1, 0.15) is 12.6 Å². The number of anilines is 1. The lowest BCUT2D eigenvalue weighted by Gasteiger charge is -2.32. The minimum atomic E-state index is -4.24. The monoisotopic (exact) mass is 581 g/mol. The van der Waals surface area contributed by atoms with Crippen LogP contribution in [-0.4, -0.2) is 58.5 Å². The summed E-state index contributed by atoms with van der Waals surface area (Å²) in [6, 6.07) is 19.6. The fourth-order valence-electron chi connectivity index (χ4n) is 4.24. The number of unbranched alkanes of at least 4 members (excludes halogenated alkanes) is 1. The maximum atomic E-state index is 14.1. The molecule has 0 aliphatic rings. The Balaban J connectivity index is 2.02. The molecule has 0 aliphatic heterocycles. The number of nitrogens with one attached hydrogen (secondary N) is 1. The number of sulfonamides is 1. The number of amides is 2. The molecule has 3 rings (SSSR count). The number of benzene rings is 3. The molecule has 220 valence electrons. The zero-order chi connectivity index (χ0) is 30.0. The number of hydrogen-bond acceptors (Lipinski definition) is 6.